The number of aromatic nitrogens is 2. The fraction of sp³-hybridized carbons (Fsp3) is 0.812. The van der Waals surface area contributed by atoms with Crippen molar-refractivity contribution in [2.24, 2.45) is 12.8 Å². The summed E-state index contributed by atoms with van der Waals surface area (Å²) in [5.74, 6) is 1.31. The molecular formula is C16H30N4. The molecule has 0 bridgehead atoms. The van der Waals surface area contributed by atoms with Crippen LogP contribution in [-0.2, 0) is 13.5 Å². The van der Waals surface area contributed by atoms with Gasteiger partial charge >= 0.3 is 0 Å². The first-order valence-electron chi connectivity index (χ1n) is 8.05. The maximum atomic E-state index is 6.20. The minimum atomic E-state index is 0.231. The lowest BCUT2D eigenvalue weighted by Gasteiger charge is -2.31. The summed E-state index contributed by atoms with van der Waals surface area (Å²) in [6.07, 6.45) is 5.72. The average molecular weight is 278 g/mol. The van der Waals surface area contributed by atoms with E-state index in [0.717, 1.165) is 18.5 Å². The quantitative estimate of drug-likeness (QED) is 0.901. The fourth-order valence-corrected chi connectivity index (χ4v) is 3.51. The zero-order valence-corrected chi connectivity index (χ0v) is 13.7. The van der Waals surface area contributed by atoms with Crippen molar-refractivity contribution in [2.75, 3.05) is 4.90 Å². The van der Waals surface area contributed by atoms with E-state index in [0.29, 0.717) is 12.1 Å². The Labute approximate surface area is 123 Å². The molecule has 20 heavy (non-hydrogen) atoms. The first-order chi connectivity index (χ1) is 9.49. The van der Waals surface area contributed by atoms with Crippen LogP contribution in [0.15, 0.2) is 0 Å². The van der Waals surface area contributed by atoms with Crippen molar-refractivity contribution in [1.82, 2.24) is 9.78 Å². The van der Waals surface area contributed by atoms with Crippen LogP contribution in [-0.4, -0.2) is 27.9 Å². The molecule has 3 atom stereocenters. The van der Waals surface area contributed by atoms with Crippen LogP contribution in [0.25, 0.3) is 0 Å². The van der Waals surface area contributed by atoms with Gasteiger partial charge in [-0.3, -0.25) is 4.68 Å². The minimum absolute atomic E-state index is 0.231. The maximum absolute atomic E-state index is 6.20. The molecule has 1 saturated heterocycles. The normalized spacial score (nSPS) is 24.4. The lowest BCUT2D eigenvalue weighted by atomic mass is 10.0. The highest BCUT2D eigenvalue weighted by Gasteiger charge is 2.33. The molecule has 1 aromatic heterocycles. The maximum Gasteiger partial charge on any atom is 0.130 e. The van der Waals surface area contributed by atoms with Gasteiger partial charge in [0.1, 0.15) is 5.82 Å². The smallest absolute Gasteiger partial charge is 0.130 e. The number of hydrogen-bond donors (Lipinski definition) is 1. The number of rotatable bonds is 5. The predicted molar refractivity (Wildman–Crippen MR) is 85.2 cm³/mol. The Bertz CT molecular complexity index is 452. The summed E-state index contributed by atoms with van der Waals surface area (Å²) in [6.45, 7) is 8.89. The molecule has 4 nitrogen and oxygen atoms in total. The molecule has 1 aromatic rings. The van der Waals surface area contributed by atoms with Crippen molar-refractivity contribution >= 4 is 5.82 Å². The topological polar surface area (TPSA) is 47.1 Å². The Morgan fingerprint density at radius 1 is 1.35 bits per heavy atom. The van der Waals surface area contributed by atoms with E-state index < -0.39 is 0 Å². The van der Waals surface area contributed by atoms with Crippen LogP contribution >= 0.6 is 0 Å². The Balaban J connectivity index is 2.39. The first kappa shape index (κ1) is 15.4. The van der Waals surface area contributed by atoms with Crippen LogP contribution in [0.2, 0.25) is 0 Å². The predicted octanol–water partition coefficient (Wildman–Crippen LogP) is 2.78. The molecule has 0 aliphatic carbocycles. The van der Waals surface area contributed by atoms with E-state index >= 15 is 0 Å². The molecule has 0 amide bonds. The van der Waals surface area contributed by atoms with Crippen molar-refractivity contribution in [3.63, 3.8) is 0 Å². The van der Waals surface area contributed by atoms with Gasteiger partial charge in [0.15, 0.2) is 0 Å². The molecular weight excluding hydrogens is 248 g/mol. The van der Waals surface area contributed by atoms with E-state index in [1.165, 1.54) is 30.6 Å². The van der Waals surface area contributed by atoms with Gasteiger partial charge in [-0.15, -0.1) is 0 Å². The average Bonchev–Trinajstić information content (AvgIpc) is 2.90. The monoisotopic (exact) mass is 278 g/mol. The van der Waals surface area contributed by atoms with Crippen molar-refractivity contribution in [3.8, 4) is 0 Å². The van der Waals surface area contributed by atoms with Gasteiger partial charge in [0.05, 0.1) is 5.69 Å². The zero-order chi connectivity index (χ0) is 14.9. The van der Waals surface area contributed by atoms with Crippen LogP contribution in [0.5, 0.6) is 0 Å². The van der Waals surface area contributed by atoms with Gasteiger partial charge in [-0.05, 0) is 46.0 Å². The van der Waals surface area contributed by atoms with E-state index in [1.807, 2.05) is 0 Å². The third-order valence-electron chi connectivity index (χ3n) is 4.81. The second kappa shape index (κ2) is 6.17. The van der Waals surface area contributed by atoms with Crippen LogP contribution < -0.4 is 10.6 Å². The molecule has 0 saturated carbocycles. The molecule has 1 aliphatic rings. The largest absolute Gasteiger partial charge is 0.351 e. The first-order valence-corrected chi connectivity index (χ1v) is 8.05. The van der Waals surface area contributed by atoms with Gasteiger partial charge < -0.3 is 10.6 Å². The molecule has 3 unspecified atom stereocenters. The standard InChI is InChI=1S/C16H30N4/c1-6-13(17)10-15-12(4)18-19(5)16(15)20-11(3)8-9-14(20)7-2/h11,13-14H,6-10,17H2,1-5H3. The van der Waals surface area contributed by atoms with E-state index in [1.54, 1.807) is 0 Å². The number of anilines is 1. The Morgan fingerprint density at radius 3 is 2.65 bits per heavy atom. The van der Waals surface area contributed by atoms with Gasteiger partial charge in [-0.1, -0.05) is 13.8 Å². The highest BCUT2D eigenvalue weighted by molar-refractivity contribution is 5.53. The fourth-order valence-electron chi connectivity index (χ4n) is 3.51. The minimum Gasteiger partial charge on any atom is -0.351 e. The molecule has 2 heterocycles. The number of nitrogens with two attached hydrogens (primary N) is 1. The molecule has 0 radical (unpaired) electrons. The van der Waals surface area contributed by atoms with Gasteiger partial charge in [0, 0.05) is 30.7 Å². The highest BCUT2D eigenvalue weighted by atomic mass is 15.4. The van der Waals surface area contributed by atoms with Crippen LogP contribution in [0, 0.1) is 6.92 Å². The van der Waals surface area contributed by atoms with Crippen LogP contribution in [0.4, 0.5) is 5.82 Å². The third kappa shape index (κ3) is 2.71. The Morgan fingerprint density at radius 2 is 2.05 bits per heavy atom. The number of aryl methyl sites for hydroxylation is 2. The van der Waals surface area contributed by atoms with Gasteiger partial charge in [-0.2, -0.15) is 5.10 Å². The molecule has 114 valence electrons. The van der Waals surface area contributed by atoms with Crippen molar-refractivity contribution in [3.05, 3.63) is 11.3 Å². The lowest BCUT2D eigenvalue weighted by Crippen LogP contribution is -2.36. The second-order valence-electron chi connectivity index (χ2n) is 6.28. The van der Waals surface area contributed by atoms with Gasteiger partial charge in [-0.25, -0.2) is 0 Å². The Kier molecular flexibility index (Phi) is 4.74. The molecule has 1 aliphatic heterocycles. The summed E-state index contributed by atoms with van der Waals surface area (Å²) < 4.78 is 2.07. The van der Waals surface area contributed by atoms with E-state index in [4.69, 9.17) is 5.73 Å². The molecule has 0 spiro atoms. The van der Waals surface area contributed by atoms with Crippen LogP contribution in [0.1, 0.15) is 57.7 Å². The third-order valence-corrected chi connectivity index (χ3v) is 4.81. The van der Waals surface area contributed by atoms with Crippen molar-refractivity contribution in [2.45, 2.75) is 77.9 Å². The summed E-state index contributed by atoms with van der Waals surface area (Å²) in [7, 11) is 2.07. The molecule has 1 fully saturated rings. The molecule has 0 aromatic carbocycles. The van der Waals surface area contributed by atoms with Crippen molar-refractivity contribution < 1.29 is 0 Å². The van der Waals surface area contributed by atoms with E-state index in [9.17, 15) is 0 Å². The van der Waals surface area contributed by atoms with Crippen molar-refractivity contribution in [1.29, 1.82) is 0 Å². The molecule has 2 rings (SSSR count). The molecule has 2 N–H and O–H groups in total. The zero-order valence-electron chi connectivity index (χ0n) is 13.7. The number of nitrogens with zero attached hydrogens (tertiary/aromatic N) is 3. The SMILES string of the molecule is CCC(N)Cc1c(C)nn(C)c1N1C(C)CCC1CC. The van der Waals surface area contributed by atoms with Crippen LogP contribution in [0.3, 0.4) is 0 Å². The van der Waals surface area contributed by atoms with E-state index in [-0.39, 0.29) is 6.04 Å². The van der Waals surface area contributed by atoms with Gasteiger partial charge in [0.2, 0.25) is 0 Å². The molecule has 4 heteroatoms. The Hall–Kier alpha value is -1.03. The summed E-state index contributed by atoms with van der Waals surface area (Å²) in [4.78, 5) is 2.59. The van der Waals surface area contributed by atoms with E-state index in [2.05, 4.69) is 49.4 Å². The lowest BCUT2D eigenvalue weighted by molar-refractivity contribution is 0.590. The summed E-state index contributed by atoms with van der Waals surface area (Å²) in [5.41, 5.74) is 8.69. The summed E-state index contributed by atoms with van der Waals surface area (Å²) in [6, 6.07) is 1.48. The number of hydrogen-bond acceptors (Lipinski definition) is 3. The summed E-state index contributed by atoms with van der Waals surface area (Å²) >= 11 is 0. The highest BCUT2D eigenvalue weighted by Crippen LogP contribution is 2.35. The summed E-state index contributed by atoms with van der Waals surface area (Å²) in [5, 5.41) is 4.67. The van der Waals surface area contributed by atoms with Gasteiger partial charge in [0.25, 0.3) is 0 Å². The second-order valence-corrected chi connectivity index (χ2v) is 6.28.